The predicted molar refractivity (Wildman–Crippen MR) is 98.0 cm³/mol. The molecule has 1 fully saturated rings. The maximum Gasteiger partial charge on any atom is 0.336 e. The molecule has 122 valence electrons. The summed E-state index contributed by atoms with van der Waals surface area (Å²) in [4.78, 5) is 29.1. The number of imide groups is 1. The van der Waals surface area contributed by atoms with Gasteiger partial charge in [-0.1, -0.05) is 30.3 Å². The summed E-state index contributed by atoms with van der Waals surface area (Å²) in [7, 11) is 0. The number of allylic oxidation sites excluding steroid dienone is 1. The average molecular weight is 338 g/mol. The van der Waals surface area contributed by atoms with Crippen LogP contribution >= 0.6 is 12.6 Å². The number of para-hydroxylation sites is 1. The summed E-state index contributed by atoms with van der Waals surface area (Å²) in [6.45, 7) is 4.00. The van der Waals surface area contributed by atoms with Gasteiger partial charge in [0.2, 0.25) is 0 Å². The second-order valence-electron chi connectivity index (χ2n) is 5.52. The molecule has 2 aromatic rings. The smallest absolute Gasteiger partial charge is 0.267 e. The van der Waals surface area contributed by atoms with Crippen molar-refractivity contribution in [2.24, 2.45) is 0 Å². The standard InChI is InChI=1S/C19H18N2O2S/c1-3-20-18(22)17(13(2)14-9-11-16(24)12-10-14)21(19(20)23)15-7-5-4-6-8-15/h4-12,24H,3H2,1-2H3/b17-13+. The van der Waals surface area contributed by atoms with Gasteiger partial charge >= 0.3 is 6.03 Å². The Morgan fingerprint density at radius 1 is 1.00 bits per heavy atom. The number of carbonyl (C=O) groups excluding carboxylic acids is 2. The highest BCUT2D eigenvalue weighted by atomic mass is 32.1. The number of nitrogens with zero attached hydrogens (tertiary/aromatic N) is 2. The molecule has 1 heterocycles. The van der Waals surface area contributed by atoms with Gasteiger partial charge in [0.25, 0.3) is 5.91 Å². The molecule has 0 aliphatic carbocycles. The first-order valence-corrected chi connectivity index (χ1v) is 8.20. The van der Waals surface area contributed by atoms with E-state index < -0.39 is 0 Å². The number of thiol groups is 1. The Labute approximate surface area is 146 Å². The van der Waals surface area contributed by atoms with Crippen molar-refractivity contribution < 1.29 is 9.59 Å². The Bertz CT molecular complexity index is 813. The van der Waals surface area contributed by atoms with E-state index in [1.807, 2.05) is 61.5 Å². The zero-order chi connectivity index (χ0) is 17.3. The number of anilines is 1. The Morgan fingerprint density at radius 2 is 1.62 bits per heavy atom. The van der Waals surface area contributed by atoms with E-state index in [-0.39, 0.29) is 11.9 Å². The molecule has 2 aromatic carbocycles. The molecule has 0 aromatic heterocycles. The van der Waals surface area contributed by atoms with Crippen LogP contribution in [-0.2, 0) is 4.79 Å². The maximum atomic E-state index is 12.8. The van der Waals surface area contributed by atoms with E-state index in [1.165, 1.54) is 9.80 Å². The van der Waals surface area contributed by atoms with E-state index >= 15 is 0 Å². The van der Waals surface area contributed by atoms with E-state index in [0.29, 0.717) is 17.9 Å². The lowest BCUT2D eigenvalue weighted by Crippen LogP contribution is -2.32. The van der Waals surface area contributed by atoms with Gasteiger partial charge in [0.05, 0.1) is 5.69 Å². The molecule has 1 aliphatic heterocycles. The fraction of sp³-hybridized carbons (Fsp3) is 0.158. The summed E-state index contributed by atoms with van der Waals surface area (Å²) in [5, 5.41) is 0. The first kappa shape index (κ1) is 16.3. The summed E-state index contributed by atoms with van der Waals surface area (Å²) in [5.41, 5.74) is 2.75. The van der Waals surface area contributed by atoms with Crippen LogP contribution in [0.4, 0.5) is 10.5 Å². The van der Waals surface area contributed by atoms with Gasteiger partial charge in [0.1, 0.15) is 5.70 Å². The number of benzene rings is 2. The van der Waals surface area contributed by atoms with Crippen LogP contribution in [0.1, 0.15) is 19.4 Å². The number of rotatable bonds is 3. The zero-order valence-corrected chi connectivity index (χ0v) is 14.5. The topological polar surface area (TPSA) is 40.6 Å². The zero-order valence-electron chi connectivity index (χ0n) is 13.6. The summed E-state index contributed by atoms with van der Waals surface area (Å²) < 4.78 is 0. The highest BCUT2D eigenvalue weighted by molar-refractivity contribution is 7.80. The minimum atomic E-state index is -0.311. The minimum absolute atomic E-state index is 0.265. The molecule has 0 unspecified atom stereocenters. The molecule has 0 N–H and O–H groups in total. The third kappa shape index (κ3) is 2.71. The third-order valence-corrected chi connectivity index (χ3v) is 4.38. The van der Waals surface area contributed by atoms with Crippen LogP contribution in [0, 0.1) is 0 Å². The molecule has 24 heavy (non-hydrogen) atoms. The second-order valence-corrected chi connectivity index (χ2v) is 6.04. The van der Waals surface area contributed by atoms with Crippen LogP contribution in [0.3, 0.4) is 0 Å². The summed E-state index contributed by atoms with van der Waals surface area (Å²) in [6.07, 6.45) is 0. The molecule has 0 radical (unpaired) electrons. The number of urea groups is 1. The molecule has 3 amide bonds. The predicted octanol–water partition coefficient (Wildman–Crippen LogP) is 4.20. The van der Waals surface area contributed by atoms with Gasteiger partial charge in [-0.3, -0.25) is 14.6 Å². The molecule has 5 heteroatoms. The summed E-state index contributed by atoms with van der Waals surface area (Å²) in [6, 6.07) is 16.5. The number of likely N-dealkylation sites (N-methyl/N-ethyl adjacent to an activating group) is 1. The van der Waals surface area contributed by atoms with E-state index in [9.17, 15) is 9.59 Å². The van der Waals surface area contributed by atoms with Crippen LogP contribution in [0.2, 0.25) is 0 Å². The minimum Gasteiger partial charge on any atom is -0.267 e. The Balaban J connectivity index is 2.17. The quantitative estimate of drug-likeness (QED) is 0.518. The van der Waals surface area contributed by atoms with Crippen molar-refractivity contribution in [3.05, 3.63) is 65.9 Å². The van der Waals surface area contributed by atoms with E-state index in [2.05, 4.69) is 12.6 Å². The number of hydrogen-bond donors (Lipinski definition) is 1. The fourth-order valence-corrected chi connectivity index (χ4v) is 2.95. The van der Waals surface area contributed by atoms with Gasteiger partial charge in [-0.25, -0.2) is 4.79 Å². The third-order valence-electron chi connectivity index (χ3n) is 4.08. The number of amides is 3. The molecule has 1 aliphatic rings. The van der Waals surface area contributed by atoms with Crippen molar-refractivity contribution in [3.8, 4) is 0 Å². The first-order valence-electron chi connectivity index (χ1n) is 7.76. The van der Waals surface area contributed by atoms with E-state index in [1.54, 1.807) is 6.92 Å². The van der Waals surface area contributed by atoms with Crippen LogP contribution in [0.5, 0.6) is 0 Å². The highest BCUT2D eigenvalue weighted by Gasteiger charge is 2.42. The average Bonchev–Trinajstić information content (AvgIpc) is 2.85. The molecule has 4 nitrogen and oxygen atoms in total. The molecule has 1 saturated heterocycles. The van der Waals surface area contributed by atoms with Crippen LogP contribution < -0.4 is 4.90 Å². The van der Waals surface area contributed by atoms with Crippen LogP contribution in [-0.4, -0.2) is 23.4 Å². The van der Waals surface area contributed by atoms with Crippen molar-refractivity contribution in [1.82, 2.24) is 4.90 Å². The summed E-state index contributed by atoms with van der Waals surface area (Å²) in [5.74, 6) is -0.265. The van der Waals surface area contributed by atoms with Gasteiger partial charge in [0, 0.05) is 11.4 Å². The number of hydrogen-bond acceptors (Lipinski definition) is 3. The SMILES string of the molecule is CCN1C(=O)/C(=C(/C)c2ccc(S)cc2)N(c2ccccc2)C1=O. The van der Waals surface area contributed by atoms with Crippen molar-refractivity contribution in [2.45, 2.75) is 18.7 Å². The van der Waals surface area contributed by atoms with Crippen molar-refractivity contribution in [1.29, 1.82) is 0 Å². The van der Waals surface area contributed by atoms with Gasteiger partial charge < -0.3 is 0 Å². The molecule has 3 rings (SSSR count). The monoisotopic (exact) mass is 338 g/mol. The van der Waals surface area contributed by atoms with Crippen molar-refractivity contribution in [3.63, 3.8) is 0 Å². The Morgan fingerprint density at radius 3 is 2.21 bits per heavy atom. The van der Waals surface area contributed by atoms with Gasteiger partial charge in [-0.2, -0.15) is 0 Å². The fourth-order valence-electron chi connectivity index (χ4n) is 2.80. The van der Waals surface area contributed by atoms with E-state index in [0.717, 1.165) is 16.0 Å². The first-order chi connectivity index (χ1) is 11.5. The van der Waals surface area contributed by atoms with Crippen LogP contribution in [0.25, 0.3) is 5.57 Å². The maximum absolute atomic E-state index is 12.8. The van der Waals surface area contributed by atoms with Gasteiger partial charge in [-0.15, -0.1) is 12.6 Å². The molecular formula is C19H18N2O2S. The lowest BCUT2D eigenvalue weighted by molar-refractivity contribution is -0.122. The van der Waals surface area contributed by atoms with Gasteiger partial charge in [0.15, 0.2) is 0 Å². The largest absolute Gasteiger partial charge is 0.336 e. The Hall–Kier alpha value is -2.53. The Kier molecular flexibility index (Phi) is 4.44. The van der Waals surface area contributed by atoms with Crippen molar-refractivity contribution in [2.75, 3.05) is 11.4 Å². The molecule has 0 saturated carbocycles. The molecule has 0 atom stereocenters. The highest BCUT2D eigenvalue weighted by Crippen LogP contribution is 2.33. The molecular weight excluding hydrogens is 320 g/mol. The molecule has 0 bridgehead atoms. The molecule has 0 spiro atoms. The lowest BCUT2D eigenvalue weighted by atomic mass is 10.0. The summed E-state index contributed by atoms with van der Waals surface area (Å²) >= 11 is 4.29. The van der Waals surface area contributed by atoms with Crippen LogP contribution in [0.15, 0.2) is 65.2 Å². The number of carbonyl (C=O) groups is 2. The lowest BCUT2D eigenvalue weighted by Gasteiger charge is -2.18. The van der Waals surface area contributed by atoms with E-state index in [4.69, 9.17) is 0 Å². The second kappa shape index (κ2) is 6.53. The normalized spacial score (nSPS) is 16.8. The van der Waals surface area contributed by atoms with Crippen molar-refractivity contribution >= 4 is 35.8 Å². The van der Waals surface area contributed by atoms with Gasteiger partial charge in [-0.05, 0) is 49.2 Å².